The molecule has 1 rings (SSSR count). The SMILES string of the molecule is CCCNC(=O)NC(=O)CSc1ccccc1Cl. The number of hydrogen-bond acceptors (Lipinski definition) is 3. The fraction of sp³-hybridized carbons (Fsp3) is 0.333. The van der Waals surface area contributed by atoms with E-state index in [0.717, 1.165) is 11.3 Å². The second-order valence-corrected chi connectivity index (χ2v) is 4.95. The Kier molecular flexibility index (Phi) is 6.60. The van der Waals surface area contributed by atoms with Crippen LogP contribution in [-0.4, -0.2) is 24.2 Å². The van der Waals surface area contributed by atoms with Crippen LogP contribution < -0.4 is 10.6 Å². The first-order valence-corrected chi connectivity index (χ1v) is 6.95. The average molecular weight is 287 g/mol. The minimum Gasteiger partial charge on any atom is -0.338 e. The van der Waals surface area contributed by atoms with Crippen LogP contribution in [0.1, 0.15) is 13.3 Å². The number of carbonyl (C=O) groups excluding carboxylic acids is 2. The molecule has 6 heteroatoms. The summed E-state index contributed by atoms with van der Waals surface area (Å²) in [6, 6.07) is 6.80. The van der Waals surface area contributed by atoms with Crippen molar-refractivity contribution < 1.29 is 9.59 Å². The predicted molar refractivity (Wildman–Crippen MR) is 74.0 cm³/mol. The molecule has 0 fully saturated rings. The van der Waals surface area contributed by atoms with E-state index in [1.807, 2.05) is 25.1 Å². The van der Waals surface area contributed by atoms with Gasteiger partial charge in [-0.2, -0.15) is 0 Å². The van der Waals surface area contributed by atoms with Crippen molar-refractivity contribution in [3.05, 3.63) is 29.3 Å². The minimum absolute atomic E-state index is 0.156. The smallest absolute Gasteiger partial charge is 0.321 e. The summed E-state index contributed by atoms with van der Waals surface area (Å²) in [5.74, 6) is -0.183. The maximum Gasteiger partial charge on any atom is 0.321 e. The molecule has 1 aromatic rings. The molecule has 0 saturated carbocycles. The van der Waals surface area contributed by atoms with Gasteiger partial charge in [0.1, 0.15) is 0 Å². The van der Waals surface area contributed by atoms with Crippen molar-refractivity contribution in [2.24, 2.45) is 0 Å². The van der Waals surface area contributed by atoms with Gasteiger partial charge in [0.15, 0.2) is 0 Å². The van der Waals surface area contributed by atoms with Crippen LogP contribution in [0.3, 0.4) is 0 Å². The molecule has 0 unspecified atom stereocenters. The monoisotopic (exact) mass is 286 g/mol. The predicted octanol–water partition coefficient (Wildman–Crippen LogP) is 2.67. The van der Waals surface area contributed by atoms with E-state index in [1.165, 1.54) is 11.8 Å². The van der Waals surface area contributed by atoms with Crippen molar-refractivity contribution in [2.75, 3.05) is 12.3 Å². The number of imide groups is 1. The second kappa shape index (κ2) is 8.00. The van der Waals surface area contributed by atoms with Gasteiger partial charge in [-0.1, -0.05) is 30.7 Å². The normalized spacial score (nSPS) is 9.89. The summed E-state index contributed by atoms with van der Waals surface area (Å²) >= 11 is 7.25. The third-order valence-electron chi connectivity index (χ3n) is 1.98. The number of benzene rings is 1. The minimum atomic E-state index is -0.457. The maximum absolute atomic E-state index is 11.5. The third kappa shape index (κ3) is 5.42. The number of urea groups is 1. The highest BCUT2D eigenvalue weighted by molar-refractivity contribution is 8.00. The zero-order valence-electron chi connectivity index (χ0n) is 10.0. The molecule has 0 spiro atoms. The highest BCUT2D eigenvalue weighted by atomic mass is 35.5. The molecular formula is C12H15ClN2O2S. The Labute approximate surface area is 115 Å². The number of rotatable bonds is 5. The number of nitrogens with one attached hydrogen (secondary N) is 2. The molecule has 0 aromatic heterocycles. The van der Waals surface area contributed by atoms with Gasteiger partial charge in [-0.3, -0.25) is 10.1 Å². The van der Waals surface area contributed by atoms with Gasteiger partial charge in [-0.05, 0) is 18.6 Å². The van der Waals surface area contributed by atoms with Gasteiger partial charge in [-0.15, -0.1) is 11.8 Å². The lowest BCUT2D eigenvalue weighted by molar-refractivity contribution is -0.117. The van der Waals surface area contributed by atoms with Gasteiger partial charge in [0.05, 0.1) is 10.8 Å². The van der Waals surface area contributed by atoms with Crippen LogP contribution in [0.5, 0.6) is 0 Å². The van der Waals surface area contributed by atoms with E-state index in [0.29, 0.717) is 11.6 Å². The lowest BCUT2D eigenvalue weighted by Gasteiger charge is -2.06. The first kappa shape index (κ1) is 14.9. The van der Waals surface area contributed by atoms with Crippen molar-refractivity contribution in [1.29, 1.82) is 0 Å². The standard InChI is InChI=1S/C12H15ClN2O2S/c1-2-7-14-12(17)15-11(16)8-18-10-6-4-3-5-9(10)13/h3-6H,2,7-8H2,1H3,(H2,14,15,16,17). The van der Waals surface area contributed by atoms with Gasteiger partial charge in [0.2, 0.25) is 5.91 Å². The maximum atomic E-state index is 11.5. The topological polar surface area (TPSA) is 58.2 Å². The average Bonchev–Trinajstić information content (AvgIpc) is 2.35. The largest absolute Gasteiger partial charge is 0.338 e. The summed E-state index contributed by atoms with van der Waals surface area (Å²) in [4.78, 5) is 23.5. The van der Waals surface area contributed by atoms with Gasteiger partial charge in [-0.25, -0.2) is 4.79 Å². The van der Waals surface area contributed by atoms with E-state index in [2.05, 4.69) is 10.6 Å². The fourth-order valence-electron chi connectivity index (χ4n) is 1.15. The van der Waals surface area contributed by atoms with Crippen LogP contribution in [-0.2, 0) is 4.79 Å². The molecule has 98 valence electrons. The molecule has 0 aliphatic heterocycles. The lowest BCUT2D eigenvalue weighted by Crippen LogP contribution is -2.40. The molecule has 3 amide bonds. The molecule has 0 saturated heterocycles. The molecular weight excluding hydrogens is 272 g/mol. The Morgan fingerprint density at radius 1 is 1.33 bits per heavy atom. The lowest BCUT2D eigenvalue weighted by atomic mass is 10.4. The number of halogens is 1. The molecule has 18 heavy (non-hydrogen) atoms. The molecule has 2 N–H and O–H groups in total. The molecule has 0 heterocycles. The number of hydrogen-bond donors (Lipinski definition) is 2. The molecule has 0 atom stereocenters. The van der Waals surface area contributed by atoms with E-state index >= 15 is 0 Å². The third-order valence-corrected chi connectivity index (χ3v) is 3.50. The van der Waals surface area contributed by atoms with Gasteiger partial charge in [0.25, 0.3) is 0 Å². The zero-order chi connectivity index (χ0) is 13.4. The van der Waals surface area contributed by atoms with E-state index in [1.54, 1.807) is 6.07 Å². The summed E-state index contributed by atoms with van der Waals surface area (Å²) in [5.41, 5.74) is 0. The van der Waals surface area contributed by atoms with Gasteiger partial charge in [0, 0.05) is 11.4 Å². The molecule has 4 nitrogen and oxygen atoms in total. The van der Waals surface area contributed by atoms with Crippen molar-refractivity contribution in [2.45, 2.75) is 18.2 Å². The second-order valence-electron chi connectivity index (χ2n) is 3.52. The Morgan fingerprint density at radius 2 is 2.06 bits per heavy atom. The number of carbonyl (C=O) groups is 2. The summed E-state index contributed by atoms with van der Waals surface area (Å²) < 4.78 is 0. The zero-order valence-corrected chi connectivity index (χ0v) is 11.6. The Morgan fingerprint density at radius 3 is 2.72 bits per heavy atom. The van der Waals surface area contributed by atoms with E-state index < -0.39 is 6.03 Å². The number of amides is 3. The van der Waals surface area contributed by atoms with E-state index in [9.17, 15) is 9.59 Å². The van der Waals surface area contributed by atoms with Crippen LogP contribution in [0.15, 0.2) is 29.2 Å². The van der Waals surface area contributed by atoms with Crippen molar-refractivity contribution in [3.63, 3.8) is 0 Å². The first-order valence-electron chi connectivity index (χ1n) is 5.58. The quantitative estimate of drug-likeness (QED) is 0.818. The fourth-order valence-corrected chi connectivity index (χ4v) is 2.19. The summed E-state index contributed by atoms with van der Waals surface area (Å²) in [6.07, 6.45) is 0.829. The highest BCUT2D eigenvalue weighted by Crippen LogP contribution is 2.26. The van der Waals surface area contributed by atoms with Crippen LogP contribution >= 0.6 is 23.4 Å². The van der Waals surface area contributed by atoms with Crippen LogP contribution in [0.4, 0.5) is 4.79 Å². The molecule has 1 aromatic carbocycles. The van der Waals surface area contributed by atoms with E-state index in [-0.39, 0.29) is 11.7 Å². The molecule has 0 aliphatic rings. The first-order chi connectivity index (χ1) is 8.63. The Hall–Kier alpha value is -1.20. The van der Waals surface area contributed by atoms with Crippen LogP contribution in [0.2, 0.25) is 5.02 Å². The van der Waals surface area contributed by atoms with Gasteiger partial charge >= 0.3 is 6.03 Å². The van der Waals surface area contributed by atoms with Crippen molar-refractivity contribution >= 4 is 35.3 Å². The van der Waals surface area contributed by atoms with Gasteiger partial charge < -0.3 is 5.32 Å². The molecule has 0 bridgehead atoms. The van der Waals surface area contributed by atoms with Crippen molar-refractivity contribution in [3.8, 4) is 0 Å². The summed E-state index contributed by atoms with van der Waals surface area (Å²) in [6.45, 7) is 2.49. The van der Waals surface area contributed by atoms with E-state index in [4.69, 9.17) is 11.6 Å². The van der Waals surface area contributed by atoms with Crippen molar-refractivity contribution in [1.82, 2.24) is 10.6 Å². The van der Waals surface area contributed by atoms with Crippen LogP contribution in [0, 0.1) is 0 Å². The highest BCUT2D eigenvalue weighted by Gasteiger charge is 2.08. The Bertz CT molecular complexity index is 426. The Balaban J connectivity index is 2.33. The molecule has 0 aliphatic carbocycles. The summed E-state index contributed by atoms with van der Waals surface area (Å²) in [5, 5.41) is 5.42. The molecule has 0 radical (unpaired) electrons. The number of thioether (sulfide) groups is 1. The van der Waals surface area contributed by atoms with Crippen LogP contribution in [0.25, 0.3) is 0 Å². The summed E-state index contributed by atoms with van der Waals surface area (Å²) in [7, 11) is 0.